The number of esters is 1. The van der Waals surface area contributed by atoms with Crippen molar-refractivity contribution in [1.82, 2.24) is 10.2 Å². The lowest BCUT2D eigenvalue weighted by Crippen LogP contribution is -2.57. The standard InChI is InChI=1S/C39H47N3O8.ClH.H2O/c1-28-34(36(43)48-3)35(30-11-10-16-33(27-30)42(46)47)39(37(44)45,29(2)40-28)19-23-49-25-26-50-24-22-41-20-17-38(18-21-41,31-12-6-4-7-13-31)32-14-8-5-9-15-32;;/h4-16,27,29,35,40H,17-26H2,1-3H3,(H,44,45);1H;1H2. The van der Waals surface area contributed by atoms with Crippen LogP contribution in [0.3, 0.4) is 0 Å². The Labute approximate surface area is 311 Å². The van der Waals surface area contributed by atoms with Gasteiger partial charge in [0, 0.05) is 48.4 Å². The van der Waals surface area contributed by atoms with Crippen molar-refractivity contribution in [2.24, 2.45) is 5.41 Å². The van der Waals surface area contributed by atoms with Crippen molar-refractivity contribution in [2.45, 2.75) is 50.5 Å². The highest BCUT2D eigenvalue weighted by molar-refractivity contribution is 5.94. The molecule has 2 aliphatic heterocycles. The lowest BCUT2D eigenvalue weighted by Gasteiger charge is -2.47. The molecule has 3 atom stereocenters. The number of piperidine rings is 1. The number of aliphatic carboxylic acids is 1. The summed E-state index contributed by atoms with van der Waals surface area (Å²) >= 11 is 0. The van der Waals surface area contributed by atoms with Crippen LogP contribution in [0.15, 0.2) is 96.2 Å². The Morgan fingerprint density at radius 3 is 2.04 bits per heavy atom. The maximum absolute atomic E-state index is 13.2. The number of carbonyl (C=O) groups is 2. The number of carbonyl (C=O) groups excluding carboxylic acids is 1. The molecule has 282 valence electrons. The number of allylic oxidation sites excluding steroid dienone is 1. The molecule has 0 aromatic heterocycles. The molecular formula is C39H50ClN3O9. The molecule has 5 rings (SSSR count). The number of hydrogen-bond acceptors (Lipinski definition) is 9. The third-order valence-electron chi connectivity index (χ3n) is 10.6. The van der Waals surface area contributed by atoms with Crippen LogP contribution in [0.1, 0.15) is 55.7 Å². The number of benzene rings is 3. The minimum absolute atomic E-state index is 0. The van der Waals surface area contributed by atoms with E-state index in [0.717, 1.165) is 32.5 Å². The fourth-order valence-corrected chi connectivity index (χ4v) is 7.87. The number of likely N-dealkylation sites (tertiary alicyclic amines) is 1. The summed E-state index contributed by atoms with van der Waals surface area (Å²) in [6, 6.07) is 26.7. The first-order valence-electron chi connectivity index (χ1n) is 17.2. The molecule has 0 aliphatic carbocycles. The quantitative estimate of drug-likeness (QED) is 0.0903. The van der Waals surface area contributed by atoms with Crippen molar-refractivity contribution < 1.29 is 39.3 Å². The maximum atomic E-state index is 13.2. The summed E-state index contributed by atoms with van der Waals surface area (Å²) in [4.78, 5) is 39.7. The number of rotatable bonds is 15. The molecule has 3 unspecified atom stereocenters. The second kappa shape index (κ2) is 19.0. The zero-order chi connectivity index (χ0) is 35.7. The normalized spacial score (nSPS) is 21.2. The van der Waals surface area contributed by atoms with Crippen molar-refractivity contribution in [3.8, 4) is 0 Å². The Morgan fingerprint density at radius 2 is 1.50 bits per heavy atom. The van der Waals surface area contributed by atoms with Crippen LogP contribution < -0.4 is 5.32 Å². The molecular weight excluding hydrogens is 690 g/mol. The van der Waals surface area contributed by atoms with E-state index < -0.39 is 34.2 Å². The minimum Gasteiger partial charge on any atom is -0.481 e. The van der Waals surface area contributed by atoms with Crippen molar-refractivity contribution >= 4 is 30.0 Å². The number of nitro groups is 1. The van der Waals surface area contributed by atoms with Crippen molar-refractivity contribution in [3.63, 3.8) is 0 Å². The highest BCUT2D eigenvalue weighted by Gasteiger charge is 2.56. The highest BCUT2D eigenvalue weighted by Crippen LogP contribution is 2.51. The second-order valence-electron chi connectivity index (χ2n) is 13.2. The number of nitrogens with zero attached hydrogens (tertiary/aromatic N) is 2. The molecule has 3 aromatic rings. The Morgan fingerprint density at radius 1 is 0.923 bits per heavy atom. The molecule has 0 amide bonds. The van der Waals surface area contributed by atoms with Crippen LogP contribution in [-0.4, -0.2) is 91.6 Å². The fourth-order valence-electron chi connectivity index (χ4n) is 7.87. The van der Waals surface area contributed by atoms with Crippen LogP contribution in [0.2, 0.25) is 0 Å². The number of carboxylic acid groups (broad SMARTS) is 1. The first-order valence-corrected chi connectivity index (χ1v) is 17.2. The number of ether oxygens (including phenoxy) is 3. The van der Waals surface area contributed by atoms with Gasteiger partial charge >= 0.3 is 11.9 Å². The summed E-state index contributed by atoms with van der Waals surface area (Å²) < 4.78 is 16.9. The lowest BCUT2D eigenvalue weighted by atomic mass is 9.60. The molecule has 0 bridgehead atoms. The first-order chi connectivity index (χ1) is 24.1. The summed E-state index contributed by atoms with van der Waals surface area (Å²) in [7, 11) is 1.23. The fraction of sp³-hybridized carbons (Fsp3) is 0.436. The predicted octanol–water partition coefficient (Wildman–Crippen LogP) is 5.29. The molecule has 3 aromatic carbocycles. The van der Waals surface area contributed by atoms with Crippen LogP contribution in [0.5, 0.6) is 0 Å². The second-order valence-corrected chi connectivity index (χ2v) is 13.2. The van der Waals surface area contributed by atoms with E-state index in [0.29, 0.717) is 24.5 Å². The molecule has 4 N–H and O–H groups in total. The molecule has 13 heteroatoms. The maximum Gasteiger partial charge on any atom is 0.336 e. The van der Waals surface area contributed by atoms with Gasteiger partial charge < -0.3 is 35.0 Å². The van der Waals surface area contributed by atoms with Gasteiger partial charge in [0.05, 0.1) is 37.4 Å². The van der Waals surface area contributed by atoms with Gasteiger partial charge in [-0.05, 0) is 62.9 Å². The van der Waals surface area contributed by atoms with Crippen LogP contribution in [0.25, 0.3) is 0 Å². The lowest BCUT2D eigenvalue weighted by molar-refractivity contribution is -0.384. The largest absolute Gasteiger partial charge is 0.481 e. The average Bonchev–Trinajstić information content (AvgIpc) is 3.13. The van der Waals surface area contributed by atoms with Crippen LogP contribution >= 0.6 is 12.4 Å². The van der Waals surface area contributed by atoms with E-state index >= 15 is 0 Å². The van der Waals surface area contributed by atoms with Gasteiger partial charge in [0.2, 0.25) is 0 Å². The van der Waals surface area contributed by atoms with E-state index in [1.54, 1.807) is 19.9 Å². The Kier molecular flexibility index (Phi) is 15.3. The number of halogens is 1. The molecule has 0 spiro atoms. The van der Waals surface area contributed by atoms with Gasteiger partial charge in [-0.3, -0.25) is 14.9 Å². The predicted molar refractivity (Wildman–Crippen MR) is 200 cm³/mol. The highest BCUT2D eigenvalue weighted by atomic mass is 35.5. The first kappa shape index (κ1) is 42.1. The summed E-state index contributed by atoms with van der Waals surface area (Å²) in [5.41, 5.74) is 1.87. The van der Waals surface area contributed by atoms with Crippen molar-refractivity contribution in [3.05, 3.63) is 123 Å². The van der Waals surface area contributed by atoms with Crippen LogP contribution in [0.4, 0.5) is 5.69 Å². The number of hydrogen-bond donors (Lipinski definition) is 2. The molecule has 2 aliphatic rings. The Hall–Kier alpha value is -4.33. The van der Waals surface area contributed by atoms with Crippen molar-refractivity contribution in [2.75, 3.05) is 53.2 Å². The van der Waals surface area contributed by atoms with E-state index in [-0.39, 0.29) is 54.2 Å². The summed E-state index contributed by atoms with van der Waals surface area (Å²) in [6.45, 7) is 7.38. The van der Waals surface area contributed by atoms with Crippen molar-refractivity contribution in [1.29, 1.82) is 0 Å². The number of methoxy groups -OCH3 is 1. The van der Waals surface area contributed by atoms with Gasteiger partial charge in [-0.25, -0.2) is 4.79 Å². The van der Waals surface area contributed by atoms with E-state index in [2.05, 4.69) is 70.9 Å². The number of nitro benzene ring substituents is 1. The van der Waals surface area contributed by atoms with E-state index in [1.807, 2.05) is 0 Å². The van der Waals surface area contributed by atoms with Gasteiger partial charge in [-0.2, -0.15) is 0 Å². The Bertz CT molecular complexity index is 1620. The number of non-ortho nitro benzene ring substituents is 1. The zero-order valence-corrected chi connectivity index (χ0v) is 30.7. The minimum atomic E-state index is -1.57. The molecule has 1 saturated heterocycles. The van der Waals surface area contributed by atoms with Crippen LogP contribution in [-0.2, 0) is 29.2 Å². The van der Waals surface area contributed by atoms with E-state index in [1.165, 1.54) is 36.4 Å². The Balaban J connectivity index is 0.00000364. The van der Waals surface area contributed by atoms with E-state index in [9.17, 15) is 24.8 Å². The molecule has 2 heterocycles. The van der Waals surface area contributed by atoms with Gasteiger partial charge in [0.1, 0.15) is 5.41 Å². The molecule has 12 nitrogen and oxygen atoms in total. The van der Waals surface area contributed by atoms with Gasteiger partial charge in [0.15, 0.2) is 0 Å². The molecule has 0 saturated carbocycles. The van der Waals surface area contributed by atoms with Crippen LogP contribution in [0, 0.1) is 15.5 Å². The summed E-state index contributed by atoms with van der Waals surface area (Å²) in [5, 5.41) is 25.5. The molecule has 1 fully saturated rings. The molecule has 52 heavy (non-hydrogen) atoms. The monoisotopic (exact) mass is 739 g/mol. The average molecular weight is 740 g/mol. The SMILES string of the molecule is COC(=O)C1=C(C)NC(C)C(CCOCCOCCN2CCC(c3ccccc3)(c3ccccc3)CC2)(C(=O)O)C1c1cccc([N+](=O)[O-])c1.Cl.O. The third kappa shape index (κ3) is 8.82. The van der Waals surface area contributed by atoms with Gasteiger partial charge in [0.25, 0.3) is 5.69 Å². The van der Waals surface area contributed by atoms with E-state index in [4.69, 9.17) is 14.2 Å². The topological polar surface area (TPSA) is 172 Å². The summed E-state index contributed by atoms with van der Waals surface area (Å²) in [6.07, 6.45) is 2.08. The third-order valence-corrected chi connectivity index (χ3v) is 10.6. The van der Waals surface area contributed by atoms with Gasteiger partial charge in [-0.15, -0.1) is 12.4 Å². The summed E-state index contributed by atoms with van der Waals surface area (Å²) in [5.74, 6) is -2.86. The molecule has 0 radical (unpaired) electrons. The van der Waals surface area contributed by atoms with Gasteiger partial charge in [-0.1, -0.05) is 72.8 Å². The number of carboxylic acids is 1. The smallest absolute Gasteiger partial charge is 0.336 e. The zero-order valence-electron chi connectivity index (χ0n) is 29.9. The number of nitrogens with one attached hydrogen (secondary N) is 1.